The Balaban J connectivity index is 1.64. The Kier molecular flexibility index (Phi) is 3.34. The SMILES string of the molecule is [O-]c1c2c(nc3nc(NCc4ccccc4)nn13)CCCS2. The number of aryl methyl sites for hydroxylation is 1. The molecule has 22 heavy (non-hydrogen) atoms. The fourth-order valence-corrected chi connectivity index (χ4v) is 3.50. The van der Waals surface area contributed by atoms with Crippen molar-refractivity contribution in [2.24, 2.45) is 0 Å². The van der Waals surface area contributed by atoms with Crippen LogP contribution in [0.4, 0.5) is 5.95 Å². The molecule has 2 aromatic heterocycles. The predicted octanol–water partition coefficient (Wildman–Crippen LogP) is 1.85. The van der Waals surface area contributed by atoms with E-state index in [1.54, 1.807) is 11.8 Å². The molecule has 1 N–H and O–H groups in total. The molecule has 7 heteroatoms. The number of aromatic nitrogens is 4. The van der Waals surface area contributed by atoms with Gasteiger partial charge in [0.15, 0.2) is 0 Å². The van der Waals surface area contributed by atoms with Crippen molar-refractivity contribution in [2.75, 3.05) is 11.1 Å². The highest BCUT2D eigenvalue weighted by atomic mass is 32.2. The summed E-state index contributed by atoms with van der Waals surface area (Å²) in [5.74, 6) is 1.66. The maximum Gasteiger partial charge on any atom is 0.253 e. The van der Waals surface area contributed by atoms with Crippen molar-refractivity contribution in [1.29, 1.82) is 0 Å². The Bertz CT molecular complexity index is 818. The molecule has 0 fully saturated rings. The van der Waals surface area contributed by atoms with Crippen LogP contribution in [-0.2, 0) is 13.0 Å². The number of nitrogens with one attached hydrogen (secondary N) is 1. The molecule has 0 aliphatic carbocycles. The topological polar surface area (TPSA) is 78.2 Å². The molecule has 0 atom stereocenters. The van der Waals surface area contributed by atoms with E-state index < -0.39 is 0 Å². The van der Waals surface area contributed by atoms with Crippen LogP contribution in [-0.4, -0.2) is 25.3 Å². The summed E-state index contributed by atoms with van der Waals surface area (Å²) >= 11 is 1.57. The Morgan fingerprint density at radius 3 is 2.95 bits per heavy atom. The third-order valence-corrected chi connectivity index (χ3v) is 4.76. The van der Waals surface area contributed by atoms with Gasteiger partial charge in [0.05, 0.1) is 5.69 Å². The van der Waals surface area contributed by atoms with Crippen LogP contribution in [0.1, 0.15) is 17.7 Å². The molecule has 0 amide bonds. The third-order valence-electron chi connectivity index (χ3n) is 3.57. The van der Waals surface area contributed by atoms with Crippen LogP contribution in [0.3, 0.4) is 0 Å². The van der Waals surface area contributed by atoms with Crippen LogP contribution in [0.5, 0.6) is 5.88 Å². The van der Waals surface area contributed by atoms with Gasteiger partial charge in [-0.2, -0.15) is 4.98 Å². The first-order valence-corrected chi connectivity index (χ1v) is 8.17. The Hall–Kier alpha value is -2.28. The first-order chi connectivity index (χ1) is 10.8. The molecule has 0 spiro atoms. The minimum absolute atomic E-state index is 0.107. The second-order valence-corrected chi connectivity index (χ2v) is 6.24. The lowest BCUT2D eigenvalue weighted by molar-refractivity contribution is -0.282. The van der Waals surface area contributed by atoms with E-state index in [-0.39, 0.29) is 5.88 Å². The monoisotopic (exact) mass is 312 g/mol. The van der Waals surface area contributed by atoms with E-state index in [1.165, 1.54) is 4.52 Å². The Morgan fingerprint density at radius 1 is 1.23 bits per heavy atom. The summed E-state index contributed by atoms with van der Waals surface area (Å²) in [6.07, 6.45) is 1.89. The van der Waals surface area contributed by atoms with Gasteiger partial charge in [-0.05, 0) is 24.2 Å². The number of nitrogens with zero attached hydrogens (tertiary/aromatic N) is 4. The molecule has 1 aliphatic heterocycles. The largest absolute Gasteiger partial charge is 0.858 e. The normalized spacial score (nSPS) is 14.0. The number of fused-ring (bicyclic) bond motifs is 2. The number of rotatable bonds is 3. The molecule has 1 aliphatic rings. The van der Waals surface area contributed by atoms with Crippen molar-refractivity contribution in [3.63, 3.8) is 0 Å². The lowest BCUT2D eigenvalue weighted by atomic mass is 10.2. The molecular weight excluding hydrogens is 298 g/mol. The lowest BCUT2D eigenvalue weighted by Crippen LogP contribution is -2.11. The van der Waals surface area contributed by atoms with E-state index in [9.17, 15) is 5.11 Å². The average Bonchev–Trinajstić information content (AvgIpc) is 2.97. The van der Waals surface area contributed by atoms with E-state index in [2.05, 4.69) is 20.4 Å². The molecule has 0 radical (unpaired) electrons. The zero-order valence-corrected chi connectivity index (χ0v) is 12.6. The molecular formula is C15H14N5OS-. The van der Waals surface area contributed by atoms with Gasteiger partial charge in [-0.25, -0.2) is 9.50 Å². The zero-order chi connectivity index (χ0) is 14.9. The maximum atomic E-state index is 12.4. The van der Waals surface area contributed by atoms with Crippen LogP contribution >= 0.6 is 11.8 Å². The molecule has 1 aromatic carbocycles. The van der Waals surface area contributed by atoms with E-state index >= 15 is 0 Å². The van der Waals surface area contributed by atoms with Crippen molar-refractivity contribution >= 4 is 23.5 Å². The molecule has 3 aromatic rings. The van der Waals surface area contributed by atoms with E-state index in [4.69, 9.17) is 0 Å². The van der Waals surface area contributed by atoms with Crippen LogP contribution in [0.2, 0.25) is 0 Å². The second-order valence-electron chi connectivity index (χ2n) is 5.13. The number of anilines is 1. The van der Waals surface area contributed by atoms with Crippen molar-refractivity contribution in [2.45, 2.75) is 24.3 Å². The second kappa shape index (κ2) is 5.49. The van der Waals surface area contributed by atoms with E-state index in [0.717, 1.165) is 34.7 Å². The maximum absolute atomic E-state index is 12.4. The zero-order valence-electron chi connectivity index (χ0n) is 11.8. The molecule has 3 heterocycles. The number of benzene rings is 1. The van der Waals surface area contributed by atoms with Crippen LogP contribution in [0.15, 0.2) is 35.2 Å². The van der Waals surface area contributed by atoms with Crippen molar-refractivity contribution in [1.82, 2.24) is 19.6 Å². The fourth-order valence-electron chi connectivity index (χ4n) is 2.48. The number of hydrogen-bond acceptors (Lipinski definition) is 6. The van der Waals surface area contributed by atoms with Gasteiger partial charge in [0.25, 0.3) is 5.78 Å². The average molecular weight is 312 g/mol. The number of hydrogen-bond donors (Lipinski definition) is 1. The molecule has 0 bridgehead atoms. The van der Waals surface area contributed by atoms with Gasteiger partial charge in [0.2, 0.25) is 5.95 Å². The predicted molar refractivity (Wildman–Crippen MR) is 83.0 cm³/mol. The summed E-state index contributed by atoms with van der Waals surface area (Å²) in [6, 6.07) is 9.99. The summed E-state index contributed by atoms with van der Waals surface area (Å²) in [7, 11) is 0. The lowest BCUT2D eigenvalue weighted by Gasteiger charge is -2.20. The van der Waals surface area contributed by atoms with Crippen LogP contribution in [0, 0.1) is 0 Å². The Labute approximate surface area is 131 Å². The van der Waals surface area contributed by atoms with E-state index in [1.807, 2.05) is 30.3 Å². The first-order valence-electron chi connectivity index (χ1n) is 7.18. The highest BCUT2D eigenvalue weighted by molar-refractivity contribution is 7.99. The summed E-state index contributed by atoms with van der Waals surface area (Å²) in [5.41, 5.74) is 1.99. The smallest absolute Gasteiger partial charge is 0.253 e. The van der Waals surface area contributed by atoms with Crippen LogP contribution < -0.4 is 10.4 Å². The van der Waals surface area contributed by atoms with Crippen molar-refractivity contribution in [3.05, 3.63) is 41.6 Å². The first kappa shape index (κ1) is 13.4. The molecule has 0 saturated heterocycles. The van der Waals surface area contributed by atoms with Gasteiger partial charge in [-0.3, -0.25) is 0 Å². The van der Waals surface area contributed by atoms with Crippen LogP contribution in [0.25, 0.3) is 5.78 Å². The fraction of sp³-hybridized carbons (Fsp3) is 0.267. The molecule has 112 valence electrons. The van der Waals surface area contributed by atoms with Gasteiger partial charge in [-0.1, -0.05) is 30.3 Å². The summed E-state index contributed by atoms with van der Waals surface area (Å²) in [4.78, 5) is 9.52. The quantitative estimate of drug-likeness (QED) is 0.795. The minimum Gasteiger partial charge on any atom is -0.858 e. The van der Waals surface area contributed by atoms with Crippen molar-refractivity contribution in [3.8, 4) is 5.88 Å². The summed E-state index contributed by atoms with van der Waals surface area (Å²) in [5, 5.41) is 19.8. The summed E-state index contributed by atoms with van der Waals surface area (Å²) < 4.78 is 1.30. The minimum atomic E-state index is -0.107. The van der Waals surface area contributed by atoms with E-state index in [0.29, 0.717) is 18.3 Å². The third kappa shape index (κ3) is 2.37. The van der Waals surface area contributed by atoms with Gasteiger partial charge in [0, 0.05) is 17.3 Å². The standard InChI is InChI=1S/C15H15N5OS/c21-13-12-11(7-4-8-22-12)17-15-18-14(19-20(13)15)16-9-10-5-2-1-3-6-10/h1-3,5-6,21H,4,7-9H2,(H,16,19)/p-1. The highest BCUT2D eigenvalue weighted by Crippen LogP contribution is 2.34. The molecule has 0 unspecified atom stereocenters. The number of thioether (sulfide) groups is 1. The van der Waals surface area contributed by atoms with Crippen molar-refractivity contribution < 1.29 is 5.11 Å². The Morgan fingerprint density at radius 2 is 2.09 bits per heavy atom. The highest BCUT2D eigenvalue weighted by Gasteiger charge is 2.16. The summed E-state index contributed by atoms with van der Waals surface area (Å²) in [6.45, 7) is 0.611. The molecule has 4 rings (SSSR count). The molecule has 0 saturated carbocycles. The molecule has 6 nitrogen and oxygen atoms in total. The van der Waals surface area contributed by atoms with Gasteiger partial charge < -0.3 is 10.4 Å². The van der Waals surface area contributed by atoms with Gasteiger partial charge >= 0.3 is 0 Å². The van der Waals surface area contributed by atoms with Gasteiger partial charge in [0.1, 0.15) is 0 Å². The van der Waals surface area contributed by atoms with Gasteiger partial charge in [-0.15, -0.1) is 16.9 Å².